The summed E-state index contributed by atoms with van der Waals surface area (Å²) in [5, 5.41) is 3.51. The molecular formula is C34H33F3N2O6. The van der Waals surface area contributed by atoms with E-state index < -0.39 is 28.8 Å². The first-order chi connectivity index (χ1) is 21.5. The molecule has 45 heavy (non-hydrogen) atoms. The highest BCUT2D eigenvalue weighted by molar-refractivity contribution is 6.03. The highest BCUT2D eigenvalue weighted by Crippen LogP contribution is 2.52. The Balaban J connectivity index is 1.16. The van der Waals surface area contributed by atoms with Gasteiger partial charge < -0.3 is 33.6 Å². The monoisotopic (exact) mass is 622 g/mol. The van der Waals surface area contributed by atoms with Crippen molar-refractivity contribution < 1.29 is 41.7 Å². The number of alkyl halides is 2. The minimum Gasteiger partial charge on any atom is -0.395 e. The van der Waals surface area contributed by atoms with Gasteiger partial charge in [-0.1, -0.05) is 50.2 Å². The molecule has 2 aliphatic heterocycles. The van der Waals surface area contributed by atoms with Gasteiger partial charge in [-0.2, -0.15) is 0 Å². The molecule has 11 heteroatoms. The molecule has 1 atom stereocenters. The van der Waals surface area contributed by atoms with E-state index in [2.05, 4.69) is 28.6 Å². The topological polar surface area (TPSA) is 80.2 Å². The summed E-state index contributed by atoms with van der Waals surface area (Å²) in [5.41, 5.74) is 1.76. The van der Waals surface area contributed by atoms with Crippen LogP contribution in [-0.4, -0.2) is 42.9 Å². The molecule has 1 saturated carbocycles. The van der Waals surface area contributed by atoms with E-state index in [0.717, 1.165) is 16.6 Å². The first-order valence-corrected chi connectivity index (χ1v) is 14.9. The molecule has 1 N–H and O–H groups in total. The lowest BCUT2D eigenvalue weighted by atomic mass is 9.90. The summed E-state index contributed by atoms with van der Waals surface area (Å²) >= 11 is 0. The summed E-state index contributed by atoms with van der Waals surface area (Å²) in [7, 11) is 0. The maximum Gasteiger partial charge on any atom is 0.586 e. The van der Waals surface area contributed by atoms with E-state index in [1.807, 2.05) is 41.0 Å². The lowest BCUT2D eigenvalue weighted by Crippen LogP contribution is -2.30. The van der Waals surface area contributed by atoms with Crippen LogP contribution < -0.4 is 14.8 Å². The van der Waals surface area contributed by atoms with Gasteiger partial charge in [0.05, 0.1) is 43.0 Å². The van der Waals surface area contributed by atoms with Crippen LogP contribution in [0, 0.1) is 5.82 Å². The second kappa shape index (κ2) is 11.1. The van der Waals surface area contributed by atoms with Gasteiger partial charge in [0.25, 0.3) is 0 Å². The number of carbonyl (C=O) groups excluding carboxylic acids is 1. The zero-order chi connectivity index (χ0) is 31.4. The van der Waals surface area contributed by atoms with E-state index in [1.54, 1.807) is 12.1 Å². The number of aromatic nitrogens is 1. The van der Waals surface area contributed by atoms with E-state index in [4.69, 9.17) is 14.2 Å². The largest absolute Gasteiger partial charge is 0.586 e. The first kappa shape index (κ1) is 29.6. The number of nitrogens with one attached hydrogen (secondary N) is 1. The SMILES string of the molecule is CC(C)(COCc1ccccc1)c1cc2cc(NC(=O)C3(c4ccc5c(c4)OC(F)(F)O5)CC3)c(F)cc2n1CC1COCO1. The molecule has 3 aromatic carbocycles. The zero-order valence-corrected chi connectivity index (χ0v) is 24.9. The minimum atomic E-state index is -3.76. The molecule has 0 radical (unpaired) electrons. The minimum absolute atomic E-state index is 0.0355. The molecule has 1 unspecified atom stereocenters. The van der Waals surface area contributed by atoms with Crippen LogP contribution in [0.15, 0.2) is 66.7 Å². The average Bonchev–Trinajstić information content (AvgIpc) is 3.33. The number of halogens is 3. The van der Waals surface area contributed by atoms with E-state index in [9.17, 15) is 13.6 Å². The van der Waals surface area contributed by atoms with Crippen molar-refractivity contribution in [2.45, 2.75) is 63.1 Å². The van der Waals surface area contributed by atoms with Gasteiger partial charge >= 0.3 is 6.29 Å². The van der Waals surface area contributed by atoms with Crippen molar-refractivity contribution in [3.05, 3.63) is 89.4 Å². The Morgan fingerprint density at radius 3 is 2.56 bits per heavy atom. The van der Waals surface area contributed by atoms with Gasteiger partial charge in [-0.3, -0.25) is 4.79 Å². The van der Waals surface area contributed by atoms with Crippen LogP contribution in [0.3, 0.4) is 0 Å². The van der Waals surface area contributed by atoms with Gasteiger partial charge in [0.1, 0.15) is 18.7 Å². The maximum absolute atomic E-state index is 15.7. The number of ether oxygens (including phenoxy) is 5. The standard InChI is InChI=1S/C34H33F3N2O6/c1-32(2,19-41-17-21-6-4-3-5-7-21)30-13-22-12-26(25(35)15-27(22)39(30)16-24-18-42-20-43-24)38-31(40)33(10-11-33)23-8-9-28-29(14-23)45-34(36,37)44-28/h3-9,12-15,24H,10-11,16-20H2,1-2H3,(H,38,40). The predicted molar refractivity (Wildman–Crippen MR) is 159 cm³/mol. The zero-order valence-electron chi connectivity index (χ0n) is 24.9. The van der Waals surface area contributed by atoms with Gasteiger partial charge in [0.15, 0.2) is 11.5 Å². The highest BCUT2D eigenvalue weighted by atomic mass is 19.3. The summed E-state index contributed by atoms with van der Waals surface area (Å²) in [4.78, 5) is 13.6. The molecule has 3 aliphatic rings. The van der Waals surface area contributed by atoms with E-state index in [1.165, 1.54) is 18.2 Å². The second-order valence-electron chi connectivity index (χ2n) is 12.5. The van der Waals surface area contributed by atoms with Crippen molar-refractivity contribution in [1.82, 2.24) is 4.57 Å². The van der Waals surface area contributed by atoms with Crippen LogP contribution in [0.5, 0.6) is 11.5 Å². The number of fused-ring (bicyclic) bond motifs is 2. The lowest BCUT2D eigenvalue weighted by Gasteiger charge is -2.28. The Bertz CT molecular complexity index is 1750. The average molecular weight is 623 g/mol. The Morgan fingerprint density at radius 1 is 1.04 bits per heavy atom. The summed E-state index contributed by atoms with van der Waals surface area (Å²) in [5.74, 6) is -1.24. The first-order valence-electron chi connectivity index (χ1n) is 14.9. The number of amides is 1. The molecule has 2 fully saturated rings. The molecule has 1 aliphatic carbocycles. The molecule has 3 heterocycles. The summed E-state index contributed by atoms with van der Waals surface area (Å²) in [6, 6.07) is 19.3. The number of rotatable bonds is 10. The van der Waals surface area contributed by atoms with Crippen molar-refractivity contribution in [2.75, 3.05) is 25.3 Å². The fourth-order valence-corrected chi connectivity index (χ4v) is 6.15. The number of benzene rings is 3. The van der Waals surface area contributed by atoms with Gasteiger partial charge in [-0.05, 0) is 48.2 Å². The van der Waals surface area contributed by atoms with Crippen molar-refractivity contribution in [3.8, 4) is 11.5 Å². The van der Waals surface area contributed by atoms with E-state index >= 15 is 4.39 Å². The number of hydrogen-bond donors (Lipinski definition) is 1. The van der Waals surface area contributed by atoms with Gasteiger partial charge in [0.2, 0.25) is 5.91 Å². The van der Waals surface area contributed by atoms with Crippen molar-refractivity contribution in [2.24, 2.45) is 0 Å². The fraction of sp³-hybridized carbons (Fsp3) is 0.382. The molecule has 0 spiro atoms. The molecule has 4 aromatic rings. The highest BCUT2D eigenvalue weighted by Gasteiger charge is 2.53. The Morgan fingerprint density at radius 2 is 1.82 bits per heavy atom. The molecular weight excluding hydrogens is 589 g/mol. The number of nitrogens with zero attached hydrogens (tertiary/aromatic N) is 1. The van der Waals surface area contributed by atoms with Gasteiger partial charge in [0, 0.05) is 22.6 Å². The molecule has 1 amide bonds. The van der Waals surface area contributed by atoms with Gasteiger partial charge in [-0.25, -0.2) is 4.39 Å². The van der Waals surface area contributed by atoms with E-state index in [0.29, 0.717) is 50.3 Å². The third kappa shape index (κ3) is 5.76. The van der Waals surface area contributed by atoms with Crippen LogP contribution in [0.25, 0.3) is 10.9 Å². The summed E-state index contributed by atoms with van der Waals surface area (Å²) in [6.07, 6.45) is -2.98. The van der Waals surface area contributed by atoms with Crippen LogP contribution in [0.1, 0.15) is 43.5 Å². The normalized spacial score (nSPS) is 19.6. The Kier molecular flexibility index (Phi) is 7.30. The fourth-order valence-electron chi connectivity index (χ4n) is 6.15. The smallest absolute Gasteiger partial charge is 0.395 e. The second-order valence-corrected chi connectivity index (χ2v) is 12.5. The predicted octanol–water partition coefficient (Wildman–Crippen LogP) is 6.64. The quantitative estimate of drug-likeness (QED) is 0.214. The third-order valence-corrected chi connectivity index (χ3v) is 8.72. The molecule has 1 saturated heterocycles. The summed E-state index contributed by atoms with van der Waals surface area (Å²) < 4.78 is 71.2. The Labute approximate surface area is 258 Å². The third-order valence-electron chi connectivity index (χ3n) is 8.72. The van der Waals surface area contributed by atoms with Crippen molar-refractivity contribution >= 4 is 22.5 Å². The molecule has 236 valence electrons. The molecule has 0 bridgehead atoms. The van der Waals surface area contributed by atoms with Crippen molar-refractivity contribution in [3.63, 3.8) is 0 Å². The van der Waals surface area contributed by atoms with Crippen LogP contribution >= 0.6 is 0 Å². The van der Waals surface area contributed by atoms with Gasteiger partial charge in [-0.15, -0.1) is 8.78 Å². The molecule has 8 nitrogen and oxygen atoms in total. The van der Waals surface area contributed by atoms with Crippen LogP contribution in [0.2, 0.25) is 0 Å². The van der Waals surface area contributed by atoms with Crippen molar-refractivity contribution in [1.29, 1.82) is 0 Å². The number of hydrogen-bond acceptors (Lipinski definition) is 6. The lowest BCUT2D eigenvalue weighted by molar-refractivity contribution is -0.286. The van der Waals surface area contributed by atoms with E-state index in [-0.39, 0.29) is 30.1 Å². The van der Waals surface area contributed by atoms with Crippen LogP contribution in [-0.2, 0) is 43.0 Å². The summed E-state index contributed by atoms with van der Waals surface area (Å²) in [6.45, 7) is 6.12. The molecule has 1 aromatic heterocycles. The van der Waals surface area contributed by atoms with Crippen LogP contribution in [0.4, 0.5) is 18.9 Å². The maximum atomic E-state index is 15.7. The molecule has 7 rings (SSSR count). The Hall–Kier alpha value is -4.06. The number of carbonyl (C=O) groups is 1. The number of anilines is 1.